The molecule has 1 N–H and O–H groups in total. The smallest absolute Gasteiger partial charge is 0.324 e. The van der Waals surface area contributed by atoms with Crippen molar-refractivity contribution in [2.75, 3.05) is 18.5 Å². The highest BCUT2D eigenvalue weighted by molar-refractivity contribution is 7.89. The van der Waals surface area contributed by atoms with E-state index in [1.165, 1.54) is 48.5 Å². The number of carbonyl (C=O) groups is 2. The fourth-order valence-electron chi connectivity index (χ4n) is 2.97. The minimum atomic E-state index is -3.90. The van der Waals surface area contributed by atoms with Crippen LogP contribution in [-0.2, 0) is 24.3 Å². The Balaban J connectivity index is 1.61. The number of anilines is 1. The number of esters is 1. The monoisotopic (exact) mass is 440 g/mol. The van der Waals surface area contributed by atoms with Crippen molar-refractivity contribution in [3.8, 4) is 0 Å². The second-order valence-corrected chi connectivity index (χ2v) is 8.72. The number of carbonyl (C=O) groups excluding carboxylic acids is 2. The summed E-state index contributed by atoms with van der Waals surface area (Å²) in [6.07, 6.45) is 0.791. The van der Waals surface area contributed by atoms with E-state index < -0.39 is 40.4 Å². The molecule has 0 spiro atoms. The van der Waals surface area contributed by atoms with Crippen LogP contribution >= 0.6 is 11.6 Å². The standard InChI is InChI=1S/C19H18ClFN2O5S/c20-13-3-9-16(10-4-13)29(26,27)23-11-1-2-17(23)19(25)28-12-18(24)22-15-7-5-14(21)6-8-15/h3-10,17H,1-2,11-12H2,(H,22,24)/t17-/m0/s1. The van der Waals surface area contributed by atoms with E-state index in [1.807, 2.05) is 0 Å². The zero-order valence-electron chi connectivity index (χ0n) is 15.2. The van der Waals surface area contributed by atoms with Crippen molar-refractivity contribution in [2.24, 2.45) is 0 Å². The molecule has 1 amide bonds. The van der Waals surface area contributed by atoms with Crippen LogP contribution in [-0.4, -0.2) is 43.8 Å². The van der Waals surface area contributed by atoms with E-state index in [1.54, 1.807) is 0 Å². The number of amides is 1. The summed E-state index contributed by atoms with van der Waals surface area (Å²) in [6.45, 7) is -0.409. The van der Waals surface area contributed by atoms with Crippen molar-refractivity contribution in [3.63, 3.8) is 0 Å². The molecule has 0 unspecified atom stereocenters. The number of rotatable bonds is 6. The molecule has 1 atom stereocenters. The van der Waals surface area contributed by atoms with Gasteiger partial charge in [0, 0.05) is 17.3 Å². The number of benzene rings is 2. The summed E-state index contributed by atoms with van der Waals surface area (Å²) in [5.74, 6) is -1.86. The molecule has 0 bridgehead atoms. The van der Waals surface area contributed by atoms with Gasteiger partial charge in [-0.15, -0.1) is 0 Å². The van der Waals surface area contributed by atoms with E-state index in [0.29, 0.717) is 23.6 Å². The van der Waals surface area contributed by atoms with Gasteiger partial charge in [-0.2, -0.15) is 4.31 Å². The van der Waals surface area contributed by atoms with Crippen molar-refractivity contribution < 1.29 is 27.1 Å². The van der Waals surface area contributed by atoms with Gasteiger partial charge in [-0.1, -0.05) is 11.6 Å². The lowest BCUT2D eigenvalue weighted by Crippen LogP contribution is -2.42. The molecule has 2 aromatic carbocycles. The predicted octanol–water partition coefficient (Wildman–Crippen LogP) is 2.81. The number of hydrogen-bond donors (Lipinski definition) is 1. The maximum Gasteiger partial charge on any atom is 0.324 e. The largest absolute Gasteiger partial charge is 0.454 e. The molecule has 1 heterocycles. The molecular formula is C19H18ClFN2O5S. The van der Waals surface area contributed by atoms with Gasteiger partial charge in [-0.25, -0.2) is 12.8 Å². The maximum atomic E-state index is 12.9. The molecule has 10 heteroatoms. The van der Waals surface area contributed by atoms with Gasteiger partial charge < -0.3 is 10.1 Å². The number of halogens is 2. The second-order valence-electron chi connectivity index (χ2n) is 6.39. The van der Waals surface area contributed by atoms with Gasteiger partial charge in [-0.3, -0.25) is 9.59 Å². The average Bonchev–Trinajstić information content (AvgIpc) is 3.19. The summed E-state index contributed by atoms with van der Waals surface area (Å²) in [4.78, 5) is 24.4. The molecule has 29 heavy (non-hydrogen) atoms. The normalized spacial score (nSPS) is 17.1. The van der Waals surface area contributed by atoms with Gasteiger partial charge in [0.15, 0.2) is 6.61 Å². The van der Waals surface area contributed by atoms with Crippen LogP contribution in [0.15, 0.2) is 53.4 Å². The van der Waals surface area contributed by atoms with Gasteiger partial charge in [0.1, 0.15) is 11.9 Å². The zero-order chi connectivity index (χ0) is 21.0. The van der Waals surface area contributed by atoms with Crippen molar-refractivity contribution in [1.29, 1.82) is 0 Å². The van der Waals surface area contributed by atoms with E-state index in [9.17, 15) is 22.4 Å². The highest BCUT2D eigenvalue weighted by Crippen LogP contribution is 2.27. The van der Waals surface area contributed by atoms with E-state index in [2.05, 4.69) is 5.32 Å². The SMILES string of the molecule is O=C(COC(=O)[C@@H]1CCCN1S(=O)(=O)c1ccc(Cl)cc1)Nc1ccc(F)cc1. The molecule has 7 nitrogen and oxygen atoms in total. The van der Waals surface area contributed by atoms with Crippen LogP contribution in [0, 0.1) is 5.82 Å². The van der Waals surface area contributed by atoms with Crippen LogP contribution in [0.1, 0.15) is 12.8 Å². The van der Waals surface area contributed by atoms with Crippen LogP contribution in [0.5, 0.6) is 0 Å². The van der Waals surface area contributed by atoms with Crippen LogP contribution in [0.4, 0.5) is 10.1 Å². The first-order chi connectivity index (χ1) is 13.8. The minimum absolute atomic E-state index is 0.0238. The van der Waals surface area contributed by atoms with Crippen LogP contribution < -0.4 is 5.32 Å². The topological polar surface area (TPSA) is 92.8 Å². The Kier molecular flexibility index (Phi) is 6.51. The van der Waals surface area contributed by atoms with Gasteiger partial charge in [-0.05, 0) is 61.4 Å². The maximum absolute atomic E-state index is 12.9. The van der Waals surface area contributed by atoms with Gasteiger partial charge in [0.05, 0.1) is 4.90 Å². The fraction of sp³-hybridized carbons (Fsp3) is 0.263. The van der Waals surface area contributed by atoms with Crippen molar-refractivity contribution >= 4 is 39.2 Å². The molecule has 3 rings (SSSR count). The number of sulfonamides is 1. The Morgan fingerprint density at radius 2 is 1.79 bits per heavy atom. The van der Waals surface area contributed by atoms with Crippen LogP contribution in [0.3, 0.4) is 0 Å². The summed E-state index contributed by atoms with van der Waals surface area (Å²) < 4.78 is 44.6. The Labute approximate surface area is 172 Å². The lowest BCUT2D eigenvalue weighted by atomic mass is 10.2. The Bertz CT molecular complexity index is 996. The highest BCUT2D eigenvalue weighted by Gasteiger charge is 2.40. The van der Waals surface area contributed by atoms with E-state index >= 15 is 0 Å². The zero-order valence-corrected chi connectivity index (χ0v) is 16.7. The Morgan fingerprint density at radius 3 is 2.45 bits per heavy atom. The van der Waals surface area contributed by atoms with Crippen molar-refractivity contribution in [1.82, 2.24) is 4.31 Å². The molecule has 0 aromatic heterocycles. The fourth-order valence-corrected chi connectivity index (χ4v) is 4.74. The van der Waals surface area contributed by atoms with Gasteiger partial charge in [0.25, 0.3) is 5.91 Å². The van der Waals surface area contributed by atoms with E-state index in [0.717, 1.165) is 4.31 Å². The first kappa shape index (κ1) is 21.2. The second kappa shape index (κ2) is 8.89. The minimum Gasteiger partial charge on any atom is -0.454 e. The molecule has 1 saturated heterocycles. The number of ether oxygens (including phenoxy) is 1. The number of nitrogens with zero attached hydrogens (tertiary/aromatic N) is 1. The Hall–Kier alpha value is -2.49. The molecule has 2 aromatic rings. The molecule has 154 valence electrons. The summed E-state index contributed by atoms with van der Waals surface area (Å²) >= 11 is 5.80. The lowest BCUT2D eigenvalue weighted by molar-refractivity contribution is -0.150. The molecule has 1 aliphatic heterocycles. The van der Waals surface area contributed by atoms with E-state index in [-0.39, 0.29) is 11.4 Å². The highest BCUT2D eigenvalue weighted by atomic mass is 35.5. The first-order valence-corrected chi connectivity index (χ1v) is 10.6. The first-order valence-electron chi connectivity index (χ1n) is 8.77. The molecule has 0 saturated carbocycles. The number of nitrogens with one attached hydrogen (secondary N) is 1. The van der Waals surface area contributed by atoms with Crippen molar-refractivity contribution in [2.45, 2.75) is 23.8 Å². The van der Waals surface area contributed by atoms with Crippen molar-refractivity contribution in [3.05, 3.63) is 59.4 Å². The summed E-state index contributed by atoms with van der Waals surface area (Å²) in [7, 11) is -3.90. The van der Waals surface area contributed by atoms with Crippen LogP contribution in [0.2, 0.25) is 5.02 Å². The average molecular weight is 441 g/mol. The third kappa shape index (κ3) is 5.11. The predicted molar refractivity (Wildman–Crippen MR) is 104 cm³/mol. The third-order valence-electron chi connectivity index (χ3n) is 4.37. The third-order valence-corrected chi connectivity index (χ3v) is 6.54. The van der Waals surface area contributed by atoms with Crippen LogP contribution in [0.25, 0.3) is 0 Å². The van der Waals surface area contributed by atoms with Gasteiger partial charge >= 0.3 is 5.97 Å². The van der Waals surface area contributed by atoms with Gasteiger partial charge in [0.2, 0.25) is 10.0 Å². The Morgan fingerprint density at radius 1 is 1.14 bits per heavy atom. The summed E-state index contributed by atoms with van der Waals surface area (Å²) in [5.41, 5.74) is 0.347. The summed E-state index contributed by atoms with van der Waals surface area (Å²) in [6, 6.07) is 9.74. The molecule has 0 aliphatic carbocycles. The molecule has 0 radical (unpaired) electrons. The molecule has 1 aliphatic rings. The quantitative estimate of drug-likeness (QED) is 0.697. The number of hydrogen-bond acceptors (Lipinski definition) is 5. The summed E-state index contributed by atoms with van der Waals surface area (Å²) in [5, 5.41) is 2.86. The molecule has 1 fully saturated rings. The molecular weight excluding hydrogens is 423 g/mol. The lowest BCUT2D eigenvalue weighted by Gasteiger charge is -2.22. The van der Waals surface area contributed by atoms with E-state index in [4.69, 9.17) is 16.3 Å².